The lowest BCUT2D eigenvalue weighted by Crippen LogP contribution is -2.36. The third-order valence-corrected chi connectivity index (χ3v) is 4.00. The first-order valence-corrected chi connectivity index (χ1v) is 5.64. The van der Waals surface area contributed by atoms with Crippen LogP contribution in [0.15, 0.2) is 23.8 Å². The molecule has 0 aromatic rings. The van der Waals surface area contributed by atoms with Crippen LogP contribution in [0.25, 0.3) is 0 Å². The molecule has 82 valence electrons. The number of aldehydes is 1. The standard InChI is InChI=1S/C13H18O2/c1-13-5-2-3-11(9-15)12(13)7-10(8-14)4-6-13/h2-3,5,8,10,12,15H,4,6-7,9H2,1H3/t10-,12-,13-/m0/s1. The number of allylic oxidation sites excluding steroid dienone is 3. The van der Waals surface area contributed by atoms with Crippen molar-refractivity contribution in [3.63, 3.8) is 0 Å². The molecule has 2 heteroatoms. The van der Waals surface area contributed by atoms with Crippen LogP contribution < -0.4 is 0 Å². The van der Waals surface area contributed by atoms with Crippen LogP contribution in [0, 0.1) is 17.3 Å². The van der Waals surface area contributed by atoms with E-state index in [4.69, 9.17) is 0 Å². The Kier molecular flexibility index (Phi) is 2.79. The highest BCUT2D eigenvalue weighted by atomic mass is 16.3. The SMILES string of the molecule is C[C@@]12C=CC=C(CO)[C@@H]1C[C@@H](C=O)CC2. The van der Waals surface area contributed by atoms with Crippen molar-refractivity contribution in [2.24, 2.45) is 17.3 Å². The van der Waals surface area contributed by atoms with E-state index in [1.807, 2.05) is 12.2 Å². The largest absolute Gasteiger partial charge is 0.392 e. The van der Waals surface area contributed by atoms with Crippen molar-refractivity contribution in [2.45, 2.75) is 26.2 Å². The molecule has 0 amide bonds. The molecule has 3 atom stereocenters. The molecule has 0 bridgehead atoms. The quantitative estimate of drug-likeness (QED) is 0.702. The number of aliphatic hydroxyl groups is 1. The highest BCUT2D eigenvalue weighted by Gasteiger charge is 2.40. The van der Waals surface area contributed by atoms with Gasteiger partial charge in [0.1, 0.15) is 6.29 Å². The van der Waals surface area contributed by atoms with Crippen LogP contribution >= 0.6 is 0 Å². The maximum absolute atomic E-state index is 10.8. The van der Waals surface area contributed by atoms with E-state index in [0.29, 0.717) is 5.92 Å². The van der Waals surface area contributed by atoms with Gasteiger partial charge in [-0.3, -0.25) is 0 Å². The summed E-state index contributed by atoms with van der Waals surface area (Å²) in [7, 11) is 0. The molecule has 2 nitrogen and oxygen atoms in total. The van der Waals surface area contributed by atoms with Crippen LogP contribution in [0.5, 0.6) is 0 Å². The molecular formula is C13H18O2. The first-order valence-electron chi connectivity index (χ1n) is 5.64. The minimum Gasteiger partial charge on any atom is -0.392 e. The fourth-order valence-corrected chi connectivity index (χ4v) is 2.93. The molecule has 0 aliphatic heterocycles. The summed E-state index contributed by atoms with van der Waals surface area (Å²) in [6.45, 7) is 2.36. The van der Waals surface area contributed by atoms with Gasteiger partial charge in [0.25, 0.3) is 0 Å². The predicted molar refractivity (Wildman–Crippen MR) is 59.3 cm³/mol. The molecule has 1 N–H and O–H groups in total. The van der Waals surface area contributed by atoms with E-state index in [0.717, 1.165) is 31.1 Å². The van der Waals surface area contributed by atoms with Crippen molar-refractivity contribution >= 4 is 6.29 Å². The van der Waals surface area contributed by atoms with Crippen LogP contribution in [-0.4, -0.2) is 18.0 Å². The van der Waals surface area contributed by atoms with Crippen LogP contribution in [0.4, 0.5) is 0 Å². The topological polar surface area (TPSA) is 37.3 Å². The molecule has 0 unspecified atom stereocenters. The van der Waals surface area contributed by atoms with Crippen molar-refractivity contribution in [1.29, 1.82) is 0 Å². The average Bonchev–Trinajstić information content (AvgIpc) is 2.27. The number of hydrogen-bond donors (Lipinski definition) is 1. The summed E-state index contributed by atoms with van der Waals surface area (Å²) in [5, 5.41) is 9.31. The van der Waals surface area contributed by atoms with Gasteiger partial charge in [0.05, 0.1) is 6.61 Å². The Morgan fingerprint density at radius 1 is 1.67 bits per heavy atom. The van der Waals surface area contributed by atoms with Gasteiger partial charge < -0.3 is 9.90 Å². The zero-order chi connectivity index (χ0) is 10.9. The first-order chi connectivity index (χ1) is 7.19. The summed E-state index contributed by atoms with van der Waals surface area (Å²) < 4.78 is 0. The second kappa shape index (κ2) is 3.93. The highest BCUT2D eigenvalue weighted by Crippen LogP contribution is 2.48. The fourth-order valence-electron chi connectivity index (χ4n) is 2.93. The van der Waals surface area contributed by atoms with Crippen molar-refractivity contribution in [3.05, 3.63) is 23.8 Å². The van der Waals surface area contributed by atoms with Crippen LogP contribution in [0.1, 0.15) is 26.2 Å². The second-order valence-corrected chi connectivity index (χ2v) is 4.99. The Labute approximate surface area is 90.7 Å². The smallest absolute Gasteiger partial charge is 0.123 e. The molecule has 2 rings (SSSR count). The van der Waals surface area contributed by atoms with E-state index < -0.39 is 0 Å². The Bertz CT molecular complexity index is 316. The maximum atomic E-state index is 10.8. The van der Waals surface area contributed by atoms with Crippen molar-refractivity contribution < 1.29 is 9.90 Å². The second-order valence-electron chi connectivity index (χ2n) is 4.99. The van der Waals surface area contributed by atoms with Crippen molar-refractivity contribution in [2.75, 3.05) is 6.61 Å². The summed E-state index contributed by atoms with van der Waals surface area (Å²) >= 11 is 0. The molecule has 0 aromatic carbocycles. The Morgan fingerprint density at radius 2 is 2.47 bits per heavy atom. The maximum Gasteiger partial charge on any atom is 0.123 e. The number of carbonyl (C=O) groups excluding carboxylic acids is 1. The molecule has 0 spiro atoms. The Hall–Kier alpha value is -0.890. The van der Waals surface area contributed by atoms with Crippen LogP contribution in [0.3, 0.4) is 0 Å². The first kappa shape index (κ1) is 10.6. The van der Waals surface area contributed by atoms with Gasteiger partial charge >= 0.3 is 0 Å². The number of rotatable bonds is 2. The number of fused-ring (bicyclic) bond motifs is 1. The van der Waals surface area contributed by atoms with Gasteiger partial charge in [-0.15, -0.1) is 0 Å². The van der Waals surface area contributed by atoms with E-state index in [9.17, 15) is 9.90 Å². The number of aliphatic hydroxyl groups excluding tert-OH is 1. The lowest BCUT2D eigenvalue weighted by atomic mass is 9.60. The lowest BCUT2D eigenvalue weighted by Gasteiger charge is -2.44. The molecule has 2 aliphatic carbocycles. The Balaban J connectivity index is 2.24. The summed E-state index contributed by atoms with van der Waals surface area (Å²) in [5.74, 6) is 0.543. The summed E-state index contributed by atoms with van der Waals surface area (Å²) in [6, 6.07) is 0. The molecule has 0 saturated heterocycles. The van der Waals surface area contributed by atoms with E-state index >= 15 is 0 Å². The van der Waals surface area contributed by atoms with Crippen molar-refractivity contribution in [1.82, 2.24) is 0 Å². The zero-order valence-electron chi connectivity index (χ0n) is 9.15. The van der Waals surface area contributed by atoms with Crippen molar-refractivity contribution in [3.8, 4) is 0 Å². The summed E-state index contributed by atoms with van der Waals surface area (Å²) in [4.78, 5) is 10.8. The van der Waals surface area contributed by atoms with Gasteiger partial charge in [0.15, 0.2) is 0 Å². The third kappa shape index (κ3) is 1.78. The van der Waals surface area contributed by atoms with Gasteiger partial charge in [-0.25, -0.2) is 0 Å². The van der Waals surface area contributed by atoms with Crippen LogP contribution in [-0.2, 0) is 4.79 Å². The molecule has 0 heterocycles. The van der Waals surface area contributed by atoms with Gasteiger partial charge in [0, 0.05) is 5.92 Å². The van der Waals surface area contributed by atoms with E-state index in [1.54, 1.807) is 0 Å². The molecule has 1 fully saturated rings. The molecule has 1 saturated carbocycles. The third-order valence-electron chi connectivity index (χ3n) is 4.00. The molecule has 2 aliphatic rings. The van der Waals surface area contributed by atoms with Gasteiger partial charge in [0.2, 0.25) is 0 Å². The number of hydrogen-bond acceptors (Lipinski definition) is 2. The lowest BCUT2D eigenvalue weighted by molar-refractivity contribution is -0.113. The minimum atomic E-state index is 0.121. The molecule has 15 heavy (non-hydrogen) atoms. The normalized spacial score (nSPS) is 39.5. The van der Waals surface area contributed by atoms with E-state index in [1.165, 1.54) is 0 Å². The number of carbonyl (C=O) groups is 1. The van der Waals surface area contributed by atoms with Gasteiger partial charge in [-0.1, -0.05) is 25.2 Å². The van der Waals surface area contributed by atoms with Crippen LogP contribution in [0.2, 0.25) is 0 Å². The molecule has 0 radical (unpaired) electrons. The monoisotopic (exact) mass is 206 g/mol. The molecular weight excluding hydrogens is 188 g/mol. The average molecular weight is 206 g/mol. The Morgan fingerprint density at radius 3 is 3.13 bits per heavy atom. The van der Waals surface area contributed by atoms with Gasteiger partial charge in [-0.05, 0) is 36.2 Å². The predicted octanol–water partition coefficient (Wildman–Crippen LogP) is 2.10. The minimum absolute atomic E-state index is 0.121. The zero-order valence-corrected chi connectivity index (χ0v) is 9.15. The fraction of sp³-hybridized carbons (Fsp3) is 0.615. The molecule has 0 aromatic heterocycles. The van der Waals surface area contributed by atoms with E-state index in [2.05, 4.69) is 13.0 Å². The van der Waals surface area contributed by atoms with Gasteiger partial charge in [-0.2, -0.15) is 0 Å². The summed E-state index contributed by atoms with van der Waals surface area (Å²) in [5.41, 5.74) is 1.25. The van der Waals surface area contributed by atoms with E-state index in [-0.39, 0.29) is 17.9 Å². The highest BCUT2D eigenvalue weighted by molar-refractivity contribution is 5.54. The summed E-state index contributed by atoms with van der Waals surface area (Å²) in [6.07, 6.45) is 10.3.